The minimum absolute atomic E-state index is 0.206. The lowest BCUT2D eigenvalue weighted by atomic mass is 10.1. The summed E-state index contributed by atoms with van der Waals surface area (Å²) >= 11 is 1.65. The van der Waals surface area contributed by atoms with Crippen LogP contribution in [0.4, 0.5) is 0 Å². The molecule has 5 heteroatoms. The summed E-state index contributed by atoms with van der Waals surface area (Å²) in [5.74, 6) is 1.00. The number of amides is 1. The van der Waals surface area contributed by atoms with E-state index >= 15 is 0 Å². The van der Waals surface area contributed by atoms with Gasteiger partial charge in [0.15, 0.2) is 0 Å². The van der Waals surface area contributed by atoms with Crippen LogP contribution in [-0.4, -0.2) is 46.9 Å². The van der Waals surface area contributed by atoms with Gasteiger partial charge in [-0.2, -0.15) is 0 Å². The molecule has 2 aliphatic rings. The van der Waals surface area contributed by atoms with Crippen molar-refractivity contribution in [1.82, 2.24) is 14.8 Å². The van der Waals surface area contributed by atoms with E-state index in [1.807, 2.05) is 11.6 Å². The van der Waals surface area contributed by atoms with E-state index in [-0.39, 0.29) is 5.92 Å². The topological polar surface area (TPSA) is 36.4 Å². The van der Waals surface area contributed by atoms with E-state index in [4.69, 9.17) is 0 Å². The Hall–Kier alpha value is -1.72. The average Bonchev–Trinajstić information content (AvgIpc) is 3.32. The second-order valence-corrected chi connectivity index (χ2v) is 7.51. The molecule has 0 unspecified atom stereocenters. The molecule has 0 radical (unpaired) electrons. The number of benzene rings is 1. The van der Waals surface area contributed by atoms with Crippen LogP contribution in [0.2, 0.25) is 0 Å². The molecule has 2 atom stereocenters. The summed E-state index contributed by atoms with van der Waals surface area (Å²) in [6.45, 7) is 4.65. The lowest BCUT2D eigenvalue weighted by Gasteiger charge is -2.21. The highest BCUT2D eigenvalue weighted by Crippen LogP contribution is 2.48. The maximum Gasteiger partial charge on any atom is 0.226 e. The fourth-order valence-corrected chi connectivity index (χ4v) is 4.21. The third-order valence-corrected chi connectivity index (χ3v) is 5.74. The van der Waals surface area contributed by atoms with Crippen LogP contribution in [0.5, 0.6) is 0 Å². The van der Waals surface area contributed by atoms with Gasteiger partial charge in [0, 0.05) is 44.0 Å². The number of hydrogen-bond donors (Lipinski definition) is 0. The van der Waals surface area contributed by atoms with Gasteiger partial charge in [-0.05, 0) is 24.3 Å². The lowest BCUT2D eigenvalue weighted by molar-refractivity contribution is -0.132. The molecule has 1 aromatic carbocycles. The van der Waals surface area contributed by atoms with Gasteiger partial charge in [-0.3, -0.25) is 9.69 Å². The van der Waals surface area contributed by atoms with Crippen LogP contribution < -0.4 is 0 Å². The van der Waals surface area contributed by atoms with E-state index in [0.717, 1.165) is 51.3 Å². The Balaban J connectivity index is 1.32. The fraction of sp³-hybridized carbons (Fsp3) is 0.474. The van der Waals surface area contributed by atoms with Crippen molar-refractivity contribution in [1.29, 1.82) is 0 Å². The van der Waals surface area contributed by atoms with Crippen molar-refractivity contribution in [2.45, 2.75) is 25.3 Å². The molecular weight excluding hydrogens is 318 g/mol. The molecule has 4 rings (SSSR count). The Morgan fingerprint density at radius 1 is 1.17 bits per heavy atom. The Bertz CT molecular complexity index is 673. The summed E-state index contributed by atoms with van der Waals surface area (Å²) in [7, 11) is 0. The third kappa shape index (κ3) is 3.52. The molecule has 1 aliphatic heterocycles. The van der Waals surface area contributed by atoms with Crippen LogP contribution in [0.15, 0.2) is 41.2 Å². The molecule has 1 aliphatic carbocycles. The van der Waals surface area contributed by atoms with Gasteiger partial charge in [-0.25, -0.2) is 4.98 Å². The highest BCUT2D eigenvalue weighted by atomic mass is 32.1. The van der Waals surface area contributed by atoms with Crippen LogP contribution in [0.3, 0.4) is 0 Å². The van der Waals surface area contributed by atoms with Crippen molar-refractivity contribution in [3.63, 3.8) is 0 Å². The molecule has 0 N–H and O–H groups in total. The lowest BCUT2D eigenvalue weighted by Crippen LogP contribution is -2.36. The van der Waals surface area contributed by atoms with E-state index in [1.54, 1.807) is 11.3 Å². The highest BCUT2D eigenvalue weighted by Gasteiger charge is 2.45. The smallest absolute Gasteiger partial charge is 0.226 e. The van der Waals surface area contributed by atoms with E-state index in [9.17, 15) is 4.79 Å². The molecule has 126 valence electrons. The third-order valence-electron chi connectivity index (χ3n) is 5.10. The van der Waals surface area contributed by atoms with Crippen molar-refractivity contribution >= 4 is 17.2 Å². The second-order valence-electron chi connectivity index (χ2n) is 6.79. The van der Waals surface area contributed by atoms with Crippen molar-refractivity contribution in [3.05, 3.63) is 52.5 Å². The zero-order chi connectivity index (χ0) is 16.4. The predicted octanol–water partition coefficient (Wildman–Crippen LogP) is 2.98. The molecule has 1 saturated carbocycles. The van der Waals surface area contributed by atoms with Gasteiger partial charge in [0.2, 0.25) is 5.91 Å². The van der Waals surface area contributed by atoms with E-state index in [2.05, 4.69) is 44.4 Å². The first kappa shape index (κ1) is 15.8. The zero-order valence-electron chi connectivity index (χ0n) is 13.8. The van der Waals surface area contributed by atoms with Crippen LogP contribution in [0, 0.1) is 5.92 Å². The molecule has 2 heterocycles. The minimum atomic E-state index is 0.206. The SMILES string of the molecule is O=C([C@@H]1C[C@@H]1c1ccccc1)N1CCCN(Cc2cscn2)CC1. The molecule has 1 aromatic heterocycles. The monoisotopic (exact) mass is 341 g/mol. The number of rotatable bonds is 4. The van der Waals surface area contributed by atoms with Gasteiger partial charge in [-0.15, -0.1) is 11.3 Å². The zero-order valence-corrected chi connectivity index (χ0v) is 14.6. The van der Waals surface area contributed by atoms with Gasteiger partial charge < -0.3 is 4.90 Å². The first-order valence-corrected chi connectivity index (χ1v) is 9.68. The van der Waals surface area contributed by atoms with Crippen molar-refractivity contribution in [3.8, 4) is 0 Å². The number of nitrogens with zero attached hydrogens (tertiary/aromatic N) is 3. The summed E-state index contributed by atoms with van der Waals surface area (Å²) in [6.07, 6.45) is 2.07. The summed E-state index contributed by atoms with van der Waals surface area (Å²) in [6, 6.07) is 10.5. The van der Waals surface area contributed by atoms with Crippen molar-refractivity contribution < 1.29 is 4.79 Å². The Morgan fingerprint density at radius 3 is 2.83 bits per heavy atom. The van der Waals surface area contributed by atoms with Gasteiger partial charge in [-0.1, -0.05) is 30.3 Å². The largest absolute Gasteiger partial charge is 0.341 e. The number of aromatic nitrogens is 1. The Morgan fingerprint density at radius 2 is 2.04 bits per heavy atom. The summed E-state index contributed by atoms with van der Waals surface area (Å²) < 4.78 is 0. The fourth-order valence-electron chi connectivity index (χ4n) is 3.67. The van der Waals surface area contributed by atoms with E-state index in [0.29, 0.717) is 11.8 Å². The Kier molecular flexibility index (Phi) is 4.63. The molecule has 24 heavy (non-hydrogen) atoms. The number of carbonyl (C=O) groups is 1. The van der Waals surface area contributed by atoms with Gasteiger partial charge in [0.1, 0.15) is 0 Å². The molecule has 2 aromatic rings. The molecule has 1 amide bonds. The number of thiazole rings is 1. The quantitative estimate of drug-likeness (QED) is 0.858. The van der Waals surface area contributed by atoms with E-state index in [1.165, 1.54) is 5.56 Å². The molecule has 1 saturated heterocycles. The average molecular weight is 341 g/mol. The first-order chi connectivity index (χ1) is 11.8. The van der Waals surface area contributed by atoms with Crippen LogP contribution >= 0.6 is 11.3 Å². The summed E-state index contributed by atoms with van der Waals surface area (Å²) in [5, 5.41) is 2.11. The Labute approximate surface area is 147 Å². The molecule has 0 spiro atoms. The first-order valence-electron chi connectivity index (χ1n) is 8.74. The number of hydrogen-bond acceptors (Lipinski definition) is 4. The second kappa shape index (κ2) is 7.03. The van der Waals surface area contributed by atoms with E-state index < -0.39 is 0 Å². The normalized spacial score (nSPS) is 24.6. The minimum Gasteiger partial charge on any atom is -0.341 e. The molecule has 2 fully saturated rings. The van der Waals surface area contributed by atoms with Crippen molar-refractivity contribution in [2.24, 2.45) is 5.92 Å². The summed E-state index contributed by atoms with van der Waals surface area (Å²) in [4.78, 5) is 21.7. The van der Waals surface area contributed by atoms with Gasteiger partial charge in [0.25, 0.3) is 0 Å². The van der Waals surface area contributed by atoms with Crippen molar-refractivity contribution in [2.75, 3.05) is 26.2 Å². The maximum absolute atomic E-state index is 12.8. The summed E-state index contributed by atoms with van der Waals surface area (Å²) in [5.41, 5.74) is 4.35. The maximum atomic E-state index is 12.8. The van der Waals surface area contributed by atoms with Crippen LogP contribution in [0.25, 0.3) is 0 Å². The molecule has 0 bridgehead atoms. The predicted molar refractivity (Wildman–Crippen MR) is 95.9 cm³/mol. The van der Waals surface area contributed by atoms with Crippen LogP contribution in [0.1, 0.15) is 30.0 Å². The highest BCUT2D eigenvalue weighted by molar-refractivity contribution is 7.07. The molecule has 4 nitrogen and oxygen atoms in total. The van der Waals surface area contributed by atoms with Crippen LogP contribution in [-0.2, 0) is 11.3 Å². The van der Waals surface area contributed by atoms with Gasteiger partial charge >= 0.3 is 0 Å². The standard InChI is InChI=1S/C19H23N3OS/c23-19(18-11-17(18)15-5-2-1-3-6-15)22-8-4-7-21(9-10-22)12-16-13-24-14-20-16/h1-3,5-6,13-14,17-18H,4,7-12H2/t17-,18-/m1/s1. The number of carbonyl (C=O) groups excluding carboxylic acids is 1. The van der Waals surface area contributed by atoms with Gasteiger partial charge in [0.05, 0.1) is 11.2 Å². The molecular formula is C19H23N3OS.